The molecular weight excluding hydrogens is 396 g/mol. The van der Waals surface area contributed by atoms with Crippen LogP contribution >= 0.6 is 0 Å². The number of hydrogen-bond acceptors (Lipinski definition) is 3. The van der Waals surface area contributed by atoms with Gasteiger partial charge >= 0.3 is 0 Å². The normalized spacial score (nSPS) is 18.2. The summed E-state index contributed by atoms with van der Waals surface area (Å²) in [7, 11) is 0. The number of carbonyl (C=O) groups excluding carboxylic acids is 1. The van der Waals surface area contributed by atoms with E-state index in [-0.39, 0.29) is 11.8 Å². The van der Waals surface area contributed by atoms with Crippen LogP contribution in [-0.4, -0.2) is 28.5 Å². The van der Waals surface area contributed by atoms with E-state index in [9.17, 15) is 4.79 Å². The van der Waals surface area contributed by atoms with Crippen LogP contribution in [-0.2, 0) is 11.3 Å². The Hall–Kier alpha value is -2.82. The van der Waals surface area contributed by atoms with Crippen molar-refractivity contribution in [3.8, 4) is 0 Å². The number of aromatic nitrogens is 2. The number of para-hydroxylation sites is 2. The van der Waals surface area contributed by atoms with E-state index in [1.165, 1.54) is 43.2 Å². The van der Waals surface area contributed by atoms with Gasteiger partial charge in [-0.05, 0) is 62.8 Å². The summed E-state index contributed by atoms with van der Waals surface area (Å²) in [5.41, 5.74) is 4.41. The number of fused-ring (bicyclic) bond motifs is 1. The Morgan fingerprint density at radius 2 is 1.69 bits per heavy atom. The second-order valence-corrected chi connectivity index (χ2v) is 9.63. The molecular formula is C27H34N4O. The van der Waals surface area contributed by atoms with Crippen molar-refractivity contribution in [3.05, 3.63) is 54.1 Å². The first-order valence-electron chi connectivity index (χ1n) is 12.2. The molecule has 1 amide bonds. The van der Waals surface area contributed by atoms with Crippen molar-refractivity contribution in [1.29, 1.82) is 0 Å². The van der Waals surface area contributed by atoms with Crippen molar-refractivity contribution in [3.63, 3.8) is 0 Å². The van der Waals surface area contributed by atoms with Gasteiger partial charge in [0.05, 0.1) is 11.0 Å². The maximum Gasteiger partial charge on any atom is 0.227 e. The first kappa shape index (κ1) is 21.0. The number of hydrogen-bond donors (Lipinski definition) is 1. The first-order chi connectivity index (χ1) is 15.7. The fraction of sp³-hybridized carbons (Fsp3) is 0.481. The second kappa shape index (κ2) is 9.35. The van der Waals surface area contributed by atoms with E-state index in [2.05, 4.69) is 46.0 Å². The van der Waals surface area contributed by atoms with Crippen LogP contribution in [0.25, 0.3) is 11.0 Å². The monoisotopic (exact) mass is 430 g/mol. The Morgan fingerprint density at radius 1 is 0.969 bits per heavy atom. The average molecular weight is 431 g/mol. The molecule has 0 unspecified atom stereocenters. The fourth-order valence-electron chi connectivity index (χ4n) is 5.34. The molecule has 32 heavy (non-hydrogen) atoms. The van der Waals surface area contributed by atoms with E-state index in [4.69, 9.17) is 4.98 Å². The minimum absolute atomic E-state index is 0.0590. The Bertz CT molecular complexity index is 1060. The summed E-state index contributed by atoms with van der Waals surface area (Å²) < 4.78 is 2.46. The largest absolute Gasteiger partial charge is 0.342 e. The first-order valence-corrected chi connectivity index (χ1v) is 12.2. The zero-order valence-electron chi connectivity index (χ0n) is 19.1. The van der Waals surface area contributed by atoms with Gasteiger partial charge in [-0.25, -0.2) is 4.98 Å². The van der Waals surface area contributed by atoms with Gasteiger partial charge in [-0.1, -0.05) is 49.1 Å². The van der Waals surface area contributed by atoms with Gasteiger partial charge in [-0.3, -0.25) is 4.79 Å². The minimum atomic E-state index is 0.0590. The van der Waals surface area contributed by atoms with Crippen molar-refractivity contribution >= 4 is 28.6 Å². The number of benzene rings is 2. The van der Waals surface area contributed by atoms with Gasteiger partial charge in [0.15, 0.2) is 0 Å². The van der Waals surface area contributed by atoms with Gasteiger partial charge in [0, 0.05) is 31.2 Å². The Kier molecular flexibility index (Phi) is 6.15. The molecule has 1 aliphatic carbocycles. The highest BCUT2D eigenvalue weighted by Crippen LogP contribution is 2.31. The lowest BCUT2D eigenvalue weighted by Gasteiger charge is -2.33. The zero-order chi connectivity index (χ0) is 21.9. The molecule has 5 rings (SSSR count). The third-order valence-corrected chi connectivity index (χ3v) is 7.27. The van der Waals surface area contributed by atoms with Gasteiger partial charge in [0.2, 0.25) is 11.9 Å². The van der Waals surface area contributed by atoms with Crippen LogP contribution in [0.2, 0.25) is 0 Å². The van der Waals surface area contributed by atoms with Gasteiger partial charge in [0.1, 0.15) is 0 Å². The van der Waals surface area contributed by atoms with Crippen molar-refractivity contribution in [1.82, 2.24) is 9.55 Å². The zero-order valence-corrected chi connectivity index (χ0v) is 19.1. The molecule has 0 spiro atoms. The van der Waals surface area contributed by atoms with E-state index in [0.717, 1.165) is 55.5 Å². The Balaban J connectivity index is 1.28. The molecule has 168 valence electrons. The number of nitrogens with one attached hydrogen (secondary N) is 1. The number of anilines is 2. The summed E-state index contributed by atoms with van der Waals surface area (Å²) in [6.07, 6.45) is 8.48. The number of imidazole rings is 1. The topological polar surface area (TPSA) is 50.2 Å². The third kappa shape index (κ3) is 4.52. The molecule has 5 heteroatoms. The highest BCUT2D eigenvalue weighted by molar-refractivity contribution is 5.92. The summed E-state index contributed by atoms with van der Waals surface area (Å²) in [6, 6.07) is 16.6. The van der Waals surface area contributed by atoms with Gasteiger partial charge in [-0.2, -0.15) is 0 Å². The summed E-state index contributed by atoms with van der Waals surface area (Å²) in [5.74, 6) is 2.04. The minimum Gasteiger partial charge on any atom is -0.342 e. The van der Waals surface area contributed by atoms with Crippen LogP contribution in [0.5, 0.6) is 0 Å². The van der Waals surface area contributed by atoms with Gasteiger partial charge < -0.3 is 14.8 Å². The molecule has 2 fully saturated rings. The van der Waals surface area contributed by atoms with Crippen LogP contribution < -0.4 is 10.2 Å². The van der Waals surface area contributed by atoms with Crippen LogP contribution in [0.1, 0.15) is 50.5 Å². The van der Waals surface area contributed by atoms with Crippen molar-refractivity contribution < 1.29 is 4.79 Å². The molecule has 2 heterocycles. The van der Waals surface area contributed by atoms with E-state index in [0.29, 0.717) is 0 Å². The fourth-order valence-corrected chi connectivity index (χ4v) is 5.34. The Morgan fingerprint density at radius 3 is 2.44 bits per heavy atom. The van der Waals surface area contributed by atoms with Crippen LogP contribution in [0.3, 0.4) is 0 Å². The predicted octanol–water partition coefficient (Wildman–Crippen LogP) is 5.78. The second-order valence-electron chi connectivity index (χ2n) is 9.63. The van der Waals surface area contributed by atoms with Crippen LogP contribution in [0, 0.1) is 18.8 Å². The lowest BCUT2D eigenvalue weighted by atomic mass is 9.89. The molecule has 0 radical (unpaired) electrons. The number of piperidine rings is 1. The summed E-state index contributed by atoms with van der Waals surface area (Å²) in [4.78, 5) is 20.3. The van der Waals surface area contributed by atoms with Crippen molar-refractivity contribution in [2.45, 2.75) is 58.4 Å². The number of aryl methyl sites for hydroxylation is 1. The molecule has 1 aromatic heterocycles. The van der Waals surface area contributed by atoms with Crippen LogP contribution in [0.4, 0.5) is 11.6 Å². The maximum absolute atomic E-state index is 12.8. The summed E-state index contributed by atoms with van der Waals surface area (Å²) in [6.45, 7) is 4.87. The maximum atomic E-state index is 12.8. The molecule has 1 N–H and O–H groups in total. The molecule has 0 atom stereocenters. The number of nitrogens with zero attached hydrogens (tertiary/aromatic N) is 3. The molecule has 1 aliphatic heterocycles. The number of carbonyl (C=O) groups is 1. The van der Waals surface area contributed by atoms with Gasteiger partial charge in [0.25, 0.3) is 0 Å². The predicted molar refractivity (Wildman–Crippen MR) is 131 cm³/mol. The van der Waals surface area contributed by atoms with E-state index < -0.39 is 0 Å². The summed E-state index contributed by atoms with van der Waals surface area (Å²) in [5, 5.41) is 3.10. The molecule has 0 bridgehead atoms. The van der Waals surface area contributed by atoms with E-state index in [1.54, 1.807) is 0 Å². The third-order valence-electron chi connectivity index (χ3n) is 7.27. The molecule has 1 saturated heterocycles. The highest BCUT2D eigenvalue weighted by Gasteiger charge is 2.28. The quantitative estimate of drug-likeness (QED) is 0.558. The summed E-state index contributed by atoms with van der Waals surface area (Å²) >= 11 is 0. The van der Waals surface area contributed by atoms with Crippen molar-refractivity contribution in [2.75, 3.05) is 23.3 Å². The lowest BCUT2D eigenvalue weighted by molar-refractivity contribution is -0.120. The van der Waals surface area contributed by atoms with Crippen LogP contribution in [0.15, 0.2) is 48.5 Å². The molecule has 1 saturated carbocycles. The van der Waals surface area contributed by atoms with E-state index in [1.807, 2.05) is 24.3 Å². The van der Waals surface area contributed by atoms with Gasteiger partial charge in [-0.15, -0.1) is 0 Å². The highest BCUT2D eigenvalue weighted by atomic mass is 16.1. The molecule has 3 aromatic rings. The standard InChI is InChI=1S/C27H34N4O/c1-20-11-13-23(14-12-20)28-26(32)22-15-17-30(18-16-22)27-29-24-9-5-6-10-25(24)31(27)19-21-7-3-2-4-8-21/h5-6,9-14,21-22H,2-4,7-8,15-19H2,1H3,(H,28,32). The molecule has 2 aromatic carbocycles. The molecule has 2 aliphatic rings. The number of amides is 1. The van der Waals surface area contributed by atoms with E-state index >= 15 is 0 Å². The smallest absolute Gasteiger partial charge is 0.227 e. The number of rotatable bonds is 5. The van der Waals surface area contributed by atoms with Crippen molar-refractivity contribution in [2.24, 2.45) is 11.8 Å². The molecule has 5 nitrogen and oxygen atoms in total. The average Bonchev–Trinajstić information content (AvgIpc) is 3.20. The Labute approximate surface area is 190 Å². The lowest BCUT2D eigenvalue weighted by Crippen LogP contribution is -2.39. The SMILES string of the molecule is Cc1ccc(NC(=O)C2CCN(c3nc4ccccc4n3CC3CCCCC3)CC2)cc1.